The Labute approximate surface area is 87.6 Å². The van der Waals surface area contributed by atoms with E-state index in [2.05, 4.69) is 50.9 Å². The molecule has 78 valence electrons. The zero-order valence-corrected chi connectivity index (χ0v) is 9.75. The average Bonchev–Trinajstić information content (AvgIpc) is 2.16. The molecule has 0 aromatic carbocycles. The second kappa shape index (κ2) is 5.14. The van der Waals surface area contributed by atoms with Crippen molar-refractivity contribution in [1.82, 2.24) is 4.98 Å². The molecule has 1 nitrogen and oxygen atoms in total. The van der Waals surface area contributed by atoms with Gasteiger partial charge in [0, 0.05) is 11.4 Å². The van der Waals surface area contributed by atoms with Crippen LogP contribution in [0.1, 0.15) is 51.4 Å². The highest BCUT2D eigenvalue weighted by molar-refractivity contribution is 5.14. The predicted molar refractivity (Wildman–Crippen MR) is 61.5 cm³/mol. The third kappa shape index (κ3) is 3.13. The van der Waals surface area contributed by atoms with Crippen LogP contribution in [0.15, 0.2) is 18.2 Å². The minimum atomic E-state index is 0.585. The van der Waals surface area contributed by atoms with E-state index in [1.807, 2.05) is 0 Å². The number of aromatic nitrogens is 1. The number of nitrogens with zero attached hydrogens (tertiary/aromatic N) is 1. The Morgan fingerprint density at radius 2 is 1.93 bits per heavy atom. The van der Waals surface area contributed by atoms with E-state index < -0.39 is 0 Å². The maximum atomic E-state index is 4.68. The van der Waals surface area contributed by atoms with E-state index in [4.69, 9.17) is 0 Å². The van der Waals surface area contributed by atoms with E-state index >= 15 is 0 Å². The standard InChI is InChI=1S/C13H21N/c1-5-11(4)13-8-6-7-12(14-13)9-10(2)3/h6-8,10-11H,5,9H2,1-4H3. The van der Waals surface area contributed by atoms with Crippen molar-refractivity contribution in [2.75, 3.05) is 0 Å². The second-order valence-electron chi connectivity index (χ2n) is 4.46. The number of rotatable bonds is 4. The van der Waals surface area contributed by atoms with Gasteiger partial charge >= 0.3 is 0 Å². The maximum absolute atomic E-state index is 4.68. The molecule has 0 radical (unpaired) electrons. The lowest BCUT2D eigenvalue weighted by molar-refractivity contribution is 0.625. The van der Waals surface area contributed by atoms with Gasteiger partial charge in [-0.1, -0.05) is 33.8 Å². The van der Waals surface area contributed by atoms with Crippen molar-refractivity contribution in [1.29, 1.82) is 0 Å². The molecule has 0 spiro atoms. The molecule has 1 heteroatoms. The van der Waals surface area contributed by atoms with Gasteiger partial charge in [-0.3, -0.25) is 4.98 Å². The van der Waals surface area contributed by atoms with Crippen LogP contribution in [-0.4, -0.2) is 4.98 Å². The fraction of sp³-hybridized carbons (Fsp3) is 0.615. The summed E-state index contributed by atoms with van der Waals surface area (Å²) >= 11 is 0. The van der Waals surface area contributed by atoms with Gasteiger partial charge in [0.15, 0.2) is 0 Å². The zero-order valence-electron chi connectivity index (χ0n) is 9.75. The molecule has 0 aliphatic rings. The Hall–Kier alpha value is -0.850. The summed E-state index contributed by atoms with van der Waals surface area (Å²) in [6.07, 6.45) is 2.25. The summed E-state index contributed by atoms with van der Waals surface area (Å²) in [7, 11) is 0. The van der Waals surface area contributed by atoms with E-state index in [-0.39, 0.29) is 0 Å². The summed E-state index contributed by atoms with van der Waals surface area (Å²) in [6, 6.07) is 6.40. The summed E-state index contributed by atoms with van der Waals surface area (Å²) in [5, 5.41) is 0. The third-order valence-electron chi connectivity index (χ3n) is 2.56. The van der Waals surface area contributed by atoms with E-state index in [1.54, 1.807) is 0 Å². The van der Waals surface area contributed by atoms with E-state index in [9.17, 15) is 0 Å². The van der Waals surface area contributed by atoms with Crippen molar-refractivity contribution >= 4 is 0 Å². The summed E-state index contributed by atoms with van der Waals surface area (Å²) in [5.41, 5.74) is 2.48. The Balaban J connectivity index is 2.78. The van der Waals surface area contributed by atoms with Gasteiger partial charge in [0.05, 0.1) is 0 Å². The van der Waals surface area contributed by atoms with Crippen LogP contribution in [0.2, 0.25) is 0 Å². The van der Waals surface area contributed by atoms with Crippen LogP contribution in [0.5, 0.6) is 0 Å². The van der Waals surface area contributed by atoms with Crippen LogP contribution in [0.25, 0.3) is 0 Å². The summed E-state index contributed by atoms with van der Waals surface area (Å²) in [4.78, 5) is 4.68. The van der Waals surface area contributed by atoms with Crippen molar-refractivity contribution < 1.29 is 0 Å². The van der Waals surface area contributed by atoms with Gasteiger partial charge in [-0.05, 0) is 36.8 Å². The molecule has 0 amide bonds. The summed E-state index contributed by atoms with van der Waals surface area (Å²) in [5.74, 6) is 1.27. The fourth-order valence-corrected chi connectivity index (χ4v) is 1.51. The minimum Gasteiger partial charge on any atom is -0.258 e. The van der Waals surface area contributed by atoms with Gasteiger partial charge in [0.2, 0.25) is 0 Å². The highest BCUT2D eigenvalue weighted by Gasteiger charge is 2.05. The van der Waals surface area contributed by atoms with Crippen LogP contribution < -0.4 is 0 Å². The number of pyridine rings is 1. The molecular weight excluding hydrogens is 170 g/mol. The van der Waals surface area contributed by atoms with Gasteiger partial charge in [0.25, 0.3) is 0 Å². The molecule has 0 fully saturated rings. The molecular formula is C13H21N. The van der Waals surface area contributed by atoms with Gasteiger partial charge < -0.3 is 0 Å². The van der Waals surface area contributed by atoms with Crippen LogP contribution >= 0.6 is 0 Å². The zero-order chi connectivity index (χ0) is 10.6. The van der Waals surface area contributed by atoms with Crippen LogP contribution in [0.4, 0.5) is 0 Å². The lowest BCUT2D eigenvalue weighted by Gasteiger charge is -2.10. The Bertz CT molecular complexity index is 278. The van der Waals surface area contributed by atoms with Crippen LogP contribution in [0, 0.1) is 5.92 Å². The highest BCUT2D eigenvalue weighted by atomic mass is 14.7. The summed E-state index contributed by atoms with van der Waals surface area (Å²) in [6.45, 7) is 8.91. The molecule has 0 bridgehead atoms. The lowest BCUT2D eigenvalue weighted by atomic mass is 10.0. The molecule has 0 aliphatic carbocycles. The topological polar surface area (TPSA) is 12.9 Å². The van der Waals surface area contributed by atoms with Gasteiger partial charge in [0.1, 0.15) is 0 Å². The molecule has 1 rings (SSSR count). The van der Waals surface area contributed by atoms with Gasteiger partial charge in [-0.2, -0.15) is 0 Å². The highest BCUT2D eigenvalue weighted by Crippen LogP contribution is 2.17. The molecule has 1 heterocycles. The molecule has 0 saturated heterocycles. The van der Waals surface area contributed by atoms with Crippen molar-refractivity contribution in [3.63, 3.8) is 0 Å². The first-order chi connectivity index (χ1) is 6.63. The Kier molecular flexibility index (Phi) is 4.12. The van der Waals surface area contributed by atoms with Gasteiger partial charge in [-0.25, -0.2) is 0 Å². The molecule has 1 unspecified atom stereocenters. The largest absolute Gasteiger partial charge is 0.258 e. The van der Waals surface area contributed by atoms with Crippen LogP contribution in [0.3, 0.4) is 0 Å². The molecule has 0 saturated carbocycles. The van der Waals surface area contributed by atoms with E-state index in [1.165, 1.54) is 11.4 Å². The maximum Gasteiger partial charge on any atom is 0.0434 e. The lowest BCUT2D eigenvalue weighted by Crippen LogP contribution is -2.02. The summed E-state index contributed by atoms with van der Waals surface area (Å²) < 4.78 is 0. The van der Waals surface area contributed by atoms with Crippen molar-refractivity contribution in [2.45, 2.75) is 46.5 Å². The van der Waals surface area contributed by atoms with E-state index in [0.29, 0.717) is 11.8 Å². The minimum absolute atomic E-state index is 0.585. The molecule has 0 aliphatic heterocycles. The quantitative estimate of drug-likeness (QED) is 0.705. The molecule has 1 atom stereocenters. The predicted octanol–water partition coefficient (Wildman–Crippen LogP) is 3.79. The number of hydrogen-bond acceptors (Lipinski definition) is 1. The molecule has 1 aromatic rings. The first-order valence-corrected chi connectivity index (χ1v) is 5.59. The molecule has 14 heavy (non-hydrogen) atoms. The van der Waals surface area contributed by atoms with Crippen molar-refractivity contribution in [3.05, 3.63) is 29.6 Å². The first-order valence-electron chi connectivity index (χ1n) is 5.59. The average molecular weight is 191 g/mol. The monoisotopic (exact) mass is 191 g/mol. The Morgan fingerprint density at radius 1 is 1.21 bits per heavy atom. The fourth-order valence-electron chi connectivity index (χ4n) is 1.51. The smallest absolute Gasteiger partial charge is 0.0434 e. The van der Waals surface area contributed by atoms with Crippen molar-refractivity contribution in [3.8, 4) is 0 Å². The van der Waals surface area contributed by atoms with Gasteiger partial charge in [-0.15, -0.1) is 0 Å². The normalized spacial score (nSPS) is 13.2. The molecule has 0 N–H and O–H groups in total. The first kappa shape index (κ1) is 11.2. The van der Waals surface area contributed by atoms with E-state index in [0.717, 1.165) is 12.8 Å². The third-order valence-corrected chi connectivity index (χ3v) is 2.56. The SMILES string of the molecule is CCC(C)c1cccc(CC(C)C)n1. The molecule has 1 aromatic heterocycles. The van der Waals surface area contributed by atoms with Crippen molar-refractivity contribution in [2.24, 2.45) is 5.92 Å². The Morgan fingerprint density at radius 3 is 2.50 bits per heavy atom. The second-order valence-corrected chi connectivity index (χ2v) is 4.46. The van der Waals surface area contributed by atoms with Crippen LogP contribution in [-0.2, 0) is 6.42 Å². The number of hydrogen-bond donors (Lipinski definition) is 0.